The summed E-state index contributed by atoms with van der Waals surface area (Å²) in [6, 6.07) is 10.4. The molecule has 1 fully saturated rings. The Bertz CT molecular complexity index is 2010. The molecule has 0 bridgehead atoms. The number of rotatable bonds is 18. The second kappa shape index (κ2) is 17.1. The second-order valence-electron chi connectivity index (χ2n) is 10.9. The third-order valence-corrected chi connectivity index (χ3v) is 10.0. The summed E-state index contributed by atoms with van der Waals surface area (Å²) in [6.45, 7) is -0.296. The van der Waals surface area contributed by atoms with Crippen molar-refractivity contribution in [2.75, 3.05) is 25.1 Å². The Hall–Kier alpha value is -4.52. The Morgan fingerprint density at radius 1 is 1.04 bits per heavy atom. The van der Waals surface area contributed by atoms with Crippen molar-refractivity contribution in [3.05, 3.63) is 87.9 Å². The number of aliphatic hydroxyl groups is 2. The molecule has 5 rings (SSSR count). The van der Waals surface area contributed by atoms with Gasteiger partial charge in [-0.2, -0.15) is 0 Å². The van der Waals surface area contributed by atoms with Crippen molar-refractivity contribution in [3.8, 4) is 0 Å². The number of anilines is 1. The zero-order chi connectivity index (χ0) is 36.4. The first-order valence-electron chi connectivity index (χ1n) is 15.2. The molecule has 0 radical (unpaired) electrons. The molecule has 24 heteroatoms. The quantitative estimate of drug-likeness (QED) is 0.0283. The Kier molecular flexibility index (Phi) is 12.7. The fourth-order valence-electron chi connectivity index (χ4n) is 5.04. The summed E-state index contributed by atoms with van der Waals surface area (Å²) in [4.78, 5) is 40.5. The fraction of sp³-hybridized carbons (Fsp3) is 0.407. The summed E-state index contributed by atoms with van der Waals surface area (Å²) in [5.74, 6) is 0.385. The zero-order valence-corrected chi connectivity index (χ0v) is 28.3. The van der Waals surface area contributed by atoms with Gasteiger partial charge in [0.15, 0.2) is 35.6 Å². The lowest BCUT2D eigenvalue weighted by Gasteiger charge is -2.25. The van der Waals surface area contributed by atoms with Gasteiger partial charge in [0, 0.05) is 34.5 Å². The highest BCUT2D eigenvalue weighted by Crippen LogP contribution is 2.58. The van der Waals surface area contributed by atoms with Crippen molar-refractivity contribution >= 4 is 44.0 Å². The van der Waals surface area contributed by atoms with Gasteiger partial charge in [-0.05, 0) is 35.5 Å². The molecule has 4 heterocycles. The number of nitrogens with zero attached hydrogens (tertiary/aromatic N) is 11. The number of ether oxygens (including phenoxy) is 1. The number of aromatic nitrogens is 5. The number of hydrogen-bond acceptors (Lipinski definition) is 15. The van der Waals surface area contributed by atoms with Crippen LogP contribution in [0, 0.1) is 0 Å². The Morgan fingerprint density at radius 2 is 1.80 bits per heavy atom. The maximum atomic E-state index is 12.4. The number of nitrogens with one attached hydrogen (secondary N) is 1. The number of phosphoric ester groups is 2. The maximum Gasteiger partial charge on any atom is 0.478 e. The van der Waals surface area contributed by atoms with E-state index in [9.17, 15) is 29.1 Å². The van der Waals surface area contributed by atoms with E-state index < -0.39 is 46.8 Å². The minimum atomic E-state index is -5.30. The number of azide groups is 2. The number of hydrogen-bond donors (Lipinski definition) is 4. The first-order valence-corrected chi connectivity index (χ1v) is 18.2. The largest absolute Gasteiger partial charge is 0.756 e. The van der Waals surface area contributed by atoms with Crippen molar-refractivity contribution in [2.45, 2.75) is 50.3 Å². The highest BCUT2D eigenvalue weighted by Gasteiger charge is 2.45. The van der Waals surface area contributed by atoms with Gasteiger partial charge in [0.1, 0.15) is 36.9 Å². The van der Waals surface area contributed by atoms with E-state index in [1.807, 2.05) is 12.1 Å². The molecule has 22 nitrogen and oxygen atoms in total. The molecule has 1 saturated heterocycles. The number of unbranched alkanes of at least 4 members (excludes halogenated alkanes) is 1. The SMILES string of the molecule is [N-]=[N+]=Nc1ccc(CCNc2ncnc3c2ncn3[C@@H]2O[C@H](COP(=O)(O)OP(=O)([O-])OCCCC[n+]3cccc(N=[N+]=[N-])c3)[C@@H](O)[C@H]2O)cc1. The van der Waals surface area contributed by atoms with Crippen LogP contribution >= 0.6 is 15.6 Å². The van der Waals surface area contributed by atoms with Gasteiger partial charge in [-0.1, -0.05) is 34.5 Å². The molecule has 0 amide bonds. The Morgan fingerprint density at radius 3 is 2.57 bits per heavy atom. The van der Waals surface area contributed by atoms with E-state index in [-0.39, 0.29) is 18.7 Å². The predicted octanol–water partition coefficient (Wildman–Crippen LogP) is 3.37. The van der Waals surface area contributed by atoms with Crippen LogP contribution in [-0.2, 0) is 40.2 Å². The van der Waals surface area contributed by atoms with Crippen molar-refractivity contribution in [3.63, 3.8) is 0 Å². The lowest BCUT2D eigenvalue weighted by atomic mass is 10.1. The van der Waals surface area contributed by atoms with E-state index in [1.165, 1.54) is 17.2 Å². The second-order valence-corrected chi connectivity index (χ2v) is 13.9. The van der Waals surface area contributed by atoms with Crippen LogP contribution in [0.25, 0.3) is 32.0 Å². The number of fused-ring (bicyclic) bond motifs is 1. The first-order chi connectivity index (χ1) is 24.5. The summed E-state index contributed by atoms with van der Waals surface area (Å²) < 4.78 is 47.1. The molecule has 0 spiro atoms. The lowest BCUT2D eigenvalue weighted by molar-refractivity contribution is -0.696. The molecule has 3 aromatic heterocycles. The van der Waals surface area contributed by atoms with Gasteiger partial charge in [-0.3, -0.25) is 13.7 Å². The average Bonchev–Trinajstić information content (AvgIpc) is 3.65. The first kappa shape index (κ1) is 37.7. The van der Waals surface area contributed by atoms with E-state index >= 15 is 0 Å². The molecule has 6 atom stereocenters. The fourth-order valence-corrected chi connectivity index (χ4v) is 7.12. The van der Waals surface area contributed by atoms with E-state index in [2.05, 4.69) is 49.2 Å². The smallest absolute Gasteiger partial charge is 0.478 e. The van der Waals surface area contributed by atoms with Crippen LogP contribution in [0.1, 0.15) is 24.6 Å². The van der Waals surface area contributed by atoms with E-state index in [1.54, 1.807) is 41.2 Å². The summed E-state index contributed by atoms with van der Waals surface area (Å²) in [5.41, 5.74) is 19.5. The molecule has 51 heavy (non-hydrogen) atoms. The topological polar surface area (TPSA) is 312 Å². The summed E-state index contributed by atoms with van der Waals surface area (Å²) >= 11 is 0. The minimum absolute atomic E-state index is 0.230. The third-order valence-electron chi connectivity index (χ3n) is 7.44. The number of aliphatic hydroxyl groups excluding tert-OH is 2. The summed E-state index contributed by atoms with van der Waals surface area (Å²) in [7, 11) is -10.6. The van der Waals surface area contributed by atoms with Gasteiger partial charge >= 0.3 is 7.82 Å². The molecule has 2 unspecified atom stereocenters. The van der Waals surface area contributed by atoms with Crippen molar-refractivity contribution < 1.29 is 51.8 Å². The summed E-state index contributed by atoms with van der Waals surface area (Å²) in [6.07, 6.45) is 1.35. The van der Waals surface area contributed by atoms with Crippen molar-refractivity contribution in [2.24, 2.45) is 10.2 Å². The number of pyridine rings is 1. The Balaban J connectivity index is 1.10. The number of imidazole rings is 1. The van der Waals surface area contributed by atoms with Gasteiger partial charge in [-0.25, -0.2) is 28.4 Å². The average molecular weight is 747 g/mol. The van der Waals surface area contributed by atoms with Gasteiger partial charge < -0.3 is 34.6 Å². The number of benzene rings is 1. The molecular formula is C27H32N12O10P2. The molecule has 270 valence electrons. The lowest BCUT2D eigenvalue weighted by Crippen LogP contribution is -2.33. The normalized spacial score (nSPS) is 20.9. The molecule has 1 aromatic carbocycles. The van der Waals surface area contributed by atoms with Crippen LogP contribution in [0.4, 0.5) is 17.2 Å². The van der Waals surface area contributed by atoms with Crippen LogP contribution in [0.2, 0.25) is 0 Å². The third kappa shape index (κ3) is 10.3. The highest BCUT2D eigenvalue weighted by atomic mass is 31.3. The van der Waals surface area contributed by atoms with Crippen LogP contribution < -0.4 is 14.8 Å². The van der Waals surface area contributed by atoms with Crippen molar-refractivity contribution in [1.82, 2.24) is 19.5 Å². The molecule has 4 N–H and O–H groups in total. The summed E-state index contributed by atoms with van der Waals surface area (Å²) in [5, 5.41) is 31.6. The Labute approximate surface area is 288 Å². The molecule has 1 aliphatic heterocycles. The number of phosphoric acid groups is 2. The van der Waals surface area contributed by atoms with Crippen LogP contribution in [0.5, 0.6) is 0 Å². The zero-order valence-electron chi connectivity index (χ0n) is 26.5. The molecule has 0 aliphatic carbocycles. The van der Waals surface area contributed by atoms with E-state index in [4.69, 9.17) is 20.3 Å². The van der Waals surface area contributed by atoms with Crippen molar-refractivity contribution in [1.29, 1.82) is 0 Å². The van der Waals surface area contributed by atoms with Gasteiger partial charge in [0.2, 0.25) is 0 Å². The predicted molar refractivity (Wildman–Crippen MR) is 174 cm³/mol. The van der Waals surface area contributed by atoms with E-state index in [0.29, 0.717) is 48.6 Å². The number of aryl methyl sites for hydroxylation is 1. The molecule has 4 aromatic rings. The van der Waals surface area contributed by atoms with E-state index in [0.717, 1.165) is 5.56 Å². The highest BCUT2D eigenvalue weighted by molar-refractivity contribution is 7.60. The van der Waals surface area contributed by atoms with Crippen LogP contribution in [-0.4, -0.2) is 72.7 Å². The maximum absolute atomic E-state index is 12.4. The minimum Gasteiger partial charge on any atom is -0.756 e. The molecule has 0 saturated carbocycles. The van der Waals surface area contributed by atoms with Crippen LogP contribution in [0.15, 0.2) is 71.7 Å². The van der Waals surface area contributed by atoms with Gasteiger partial charge in [0.25, 0.3) is 7.82 Å². The van der Waals surface area contributed by atoms with Gasteiger partial charge in [0.05, 0.1) is 19.5 Å². The standard InChI is InChI=1S/C27H32N12O10P2/c28-36-34-19-7-5-18(6-8-19)9-10-30-25-22-26(32-16-31-25)39(17-33-22)27-24(41)23(40)21(48-27)15-47-51(44,45)49-50(42,43)46-13-2-1-11-38-12-3-4-20(14-38)35-37-29/h3-8,12,14,16-17,21,23-24,27,40-41H,1-2,9-11,13,15H2,(H2-,30,31,32,42,43,44,45)/t21-,23-,24-,27-/m1/s1. The van der Waals surface area contributed by atoms with Gasteiger partial charge in [-0.15, -0.1) is 0 Å². The monoisotopic (exact) mass is 746 g/mol. The molecular weight excluding hydrogens is 714 g/mol. The molecule has 1 aliphatic rings. The van der Waals surface area contributed by atoms with Crippen LogP contribution in [0.3, 0.4) is 0 Å².